The van der Waals surface area contributed by atoms with Crippen molar-refractivity contribution in [3.63, 3.8) is 0 Å². The van der Waals surface area contributed by atoms with Gasteiger partial charge in [0.25, 0.3) is 0 Å². The fraction of sp³-hybridized carbons (Fsp3) is 0. The van der Waals surface area contributed by atoms with Gasteiger partial charge in [0.05, 0.1) is 0 Å². The zero-order valence-electron chi connectivity index (χ0n) is 22.0. The second-order valence-electron chi connectivity index (χ2n) is 10.6. The number of hydrogen-bond donors (Lipinski definition) is 0. The van der Waals surface area contributed by atoms with E-state index in [0.717, 1.165) is 0 Å². The lowest BCUT2D eigenvalue weighted by molar-refractivity contribution is 1.56. The van der Waals surface area contributed by atoms with Crippen molar-refractivity contribution in [3.05, 3.63) is 158 Å². The molecule has 7 aromatic carbocycles. The highest BCUT2D eigenvalue weighted by Crippen LogP contribution is 2.48. The summed E-state index contributed by atoms with van der Waals surface area (Å²) in [5.74, 6) is 0. The first-order chi connectivity index (χ1) is 19.8. The van der Waals surface area contributed by atoms with Gasteiger partial charge in [-0.2, -0.15) is 0 Å². The molecule has 0 N–H and O–H groups in total. The van der Waals surface area contributed by atoms with Gasteiger partial charge in [0.2, 0.25) is 0 Å². The fourth-order valence-corrected chi connectivity index (χ4v) is 6.25. The summed E-state index contributed by atoms with van der Waals surface area (Å²) in [6.07, 6.45) is 0. The summed E-state index contributed by atoms with van der Waals surface area (Å²) >= 11 is 0. The second kappa shape index (κ2) is 9.22. The summed E-state index contributed by atoms with van der Waals surface area (Å²) in [7, 11) is 0. The molecule has 7 aromatic rings. The van der Waals surface area contributed by atoms with Gasteiger partial charge in [0, 0.05) is 0 Å². The van der Waals surface area contributed by atoms with Crippen LogP contribution in [-0.2, 0) is 0 Å². The molecule has 0 unspecified atom stereocenters. The van der Waals surface area contributed by atoms with Crippen LogP contribution in [0.15, 0.2) is 158 Å². The molecule has 0 radical (unpaired) electrons. The standard InChI is InChI=1S/C40H26/c1-3-11-27(12-4-1)32-23-33(28-13-5-2-6-14-28)25-34(24-32)29-15-9-16-30(21-29)35-22-31-17-10-20-38-36-18-7-8-19-37(36)39(26-35)40(31)38/h1-26H. The Kier molecular flexibility index (Phi) is 5.24. The minimum absolute atomic E-state index is 1.22. The van der Waals surface area contributed by atoms with Crippen molar-refractivity contribution < 1.29 is 0 Å². The van der Waals surface area contributed by atoms with Crippen LogP contribution in [0.3, 0.4) is 0 Å². The van der Waals surface area contributed by atoms with Crippen LogP contribution in [0.5, 0.6) is 0 Å². The average Bonchev–Trinajstić information content (AvgIpc) is 3.36. The van der Waals surface area contributed by atoms with Crippen LogP contribution < -0.4 is 0 Å². The lowest BCUT2D eigenvalue weighted by atomic mass is 9.91. The first-order valence-corrected chi connectivity index (χ1v) is 13.9. The zero-order chi connectivity index (χ0) is 26.5. The van der Waals surface area contributed by atoms with Gasteiger partial charge in [-0.25, -0.2) is 0 Å². The summed E-state index contributed by atoms with van der Waals surface area (Å²) in [4.78, 5) is 0. The molecule has 0 saturated heterocycles. The molecule has 0 heterocycles. The van der Waals surface area contributed by atoms with Crippen molar-refractivity contribution in [1.29, 1.82) is 0 Å². The Labute approximate surface area is 234 Å². The van der Waals surface area contributed by atoms with E-state index in [9.17, 15) is 0 Å². The molecular weight excluding hydrogens is 480 g/mol. The van der Waals surface area contributed by atoms with Crippen molar-refractivity contribution in [2.24, 2.45) is 0 Å². The maximum Gasteiger partial charge on any atom is -0.00259 e. The third-order valence-electron chi connectivity index (χ3n) is 8.16. The number of rotatable bonds is 4. The Morgan fingerprint density at radius 1 is 0.225 bits per heavy atom. The van der Waals surface area contributed by atoms with Crippen LogP contribution in [0.2, 0.25) is 0 Å². The van der Waals surface area contributed by atoms with E-state index in [1.54, 1.807) is 0 Å². The molecule has 186 valence electrons. The van der Waals surface area contributed by atoms with Gasteiger partial charge in [-0.3, -0.25) is 0 Å². The van der Waals surface area contributed by atoms with Crippen LogP contribution in [-0.4, -0.2) is 0 Å². The van der Waals surface area contributed by atoms with E-state index < -0.39 is 0 Å². The Hall–Kier alpha value is -5.20. The highest BCUT2D eigenvalue weighted by atomic mass is 14.2. The lowest BCUT2D eigenvalue weighted by Crippen LogP contribution is -1.87. The van der Waals surface area contributed by atoms with Crippen LogP contribution in [0, 0.1) is 0 Å². The largest absolute Gasteiger partial charge is 0.0622 e. The number of fused-ring (bicyclic) bond motifs is 3. The highest BCUT2D eigenvalue weighted by molar-refractivity contribution is 6.16. The first-order valence-electron chi connectivity index (χ1n) is 13.9. The third-order valence-corrected chi connectivity index (χ3v) is 8.16. The van der Waals surface area contributed by atoms with Crippen LogP contribution in [0.1, 0.15) is 0 Å². The molecule has 1 aliphatic carbocycles. The predicted octanol–water partition coefficient (Wildman–Crippen LogP) is 11.2. The molecule has 0 aromatic heterocycles. The topological polar surface area (TPSA) is 0 Å². The maximum absolute atomic E-state index is 2.38. The normalized spacial score (nSPS) is 11.5. The predicted molar refractivity (Wildman–Crippen MR) is 170 cm³/mol. The van der Waals surface area contributed by atoms with Crippen molar-refractivity contribution >= 4 is 10.8 Å². The van der Waals surface area contributed by atoms with Crippen molar-refractivity contribution in [2.45, 2.75) is 0 Å². The van der Waals surface area contributed by atoms with Gasteiger partial charge < -0.3 is 0 Å². The Balaban J connectivity index is 1.29. The van der Waals surface area contributed by atoms with Crippen LogP contribution >= 0.6 is 0 Å². The van der Waals surface area contributed by atoms with E-state index in [0.29, 0.717) is 0 Å². The summed E-state index contributed by atoms with van der Waals surface area (Å²) in [6, 6.07) is 57.5. The quantitative estimate of drug-likeness (QED) is 0.223. The van der Waals surface area contributed by atoms with Crippen molar-refractivity contribution in [1.82, 2.24) is 0 Å². The SMILES string of the molecule is c1ccc(-c2cc(-c3ccccc3)cc(-c3cccc(-c4cc5c6c(cccc6c4)-c4ccccc4-5)c3)c2)cc1. The molecule has 0 saturated carbocycles. The molecule has 0 fully saturated rings. The van der Waals surface area contributed by atoms with Gasteiger partial charge in [0.15, 0.2) is 0 Å². The number of hydrogen-bond acceptors (Lipinski definition) is 0. The van der Waals surface area contributed by atoms with E-state index in [1.165, 1.54) is 77.5 Å². The first kappa shape index (κ1) is 22.8. The molecule has 0 bridgehead atoms. The minimum atomic E-state index is 1.22. The van der Waals surface area contributed by atoms with Crippen LogP contribution in [0.4, 0.5) is 0 Å². The average molecular weight is 507 g/mol. The number of benzene rings is 7. The van der Waals surface area contributed by atoms with E-state index in [-0.39, 0.29) is 0 Å². The molecule has 8 rings (SSSR count). The van der Waals surface area contributed by atoms with Crippen LogP contribution in [0.25, 0.3) is 77.5 Å². The fourth-order valence-electron chi connectivity index (χ4n) is 6.25. The maximum atomic E-state index is 2.38. The zero-order valence-corrected chi connectivity index (χ0v) is 22.0. The van der Waals surface area contributed by atoms with E-state index in [2.05, 4.69) is 158 Å². The van der Waals surface area contributed by atoms with E-state index in [1.807, 2.05) is 0 Å². The molecule has 40 heavy (non-hydrogen) atoms. The Morgan fingerprint density at radius 3 is 1.27 bits per heavy atom. The Bertz CT molecular complexity index is 1970. The molecule has 1 aliphatic rings. The molecule has 0 amide bonds. The lowest BCUT2D eigenvalue weighted by Gasteiger charge is -2.13. The third kappa shape index (κ3) is 3.77. The highest BCUT2D eigenvalue weighted by Gasteiger charge is 2.21. The van der Waals surface area contributed by atoms with Crippen molar-refractivity contribution in [3.8, 4) is 66.8 Å². The van der Waals surface area contributed by atoms with E-state index in [4.69, 9.17) is 0 Å². The molecular formula is C40H26. The summed E-state index contributed by atoms with van der Waals surface area (Å²) in [5.41, 5.74) is 15.2. The summed E-state index contributed by atoms with van der Waals surface area (Å²) in [5, 5.41) is 2.66. The molecule has 0 spiro atoms. The van der Waals surface area contributed by atoms with E-state index >= 15 is 0 Å². The van der Waals surface area contributed by atoms with Gasteiger partial charge in [0.1, 0.15) is 0 Å². The van der Waals surface area contributed by atoms with Crippen molar-refractivity contribution in [2.75, 3.05) is 0 Å². The monoisotopic (exact) mass is 506 g/mol. The van der Waals surface area contributed by atoms with Gasteiger partial charge >= 0.3 is 0 Å². The Morgan fingerprint density at radius 2 is 0.650 bits per heavy atom. The molecule has 0 aliphatic heterocycles. The van der Waals surface area contributed by atoms with Gasteiger partial charge in [-0.1, -0.05) is 121 Å². The summed E-state index contributed by atoms with van der Waals surface area (Å²) < 4.78 is 0. The summed E-state index contributed by atoms with van der Waals surface area (Å²) in [6.45, 7) is 0. The van der Waals surface area contributed by atoms with Gasteiger partial charge in [-0.05, 0) is 114 Å². The molecule has 0 atom stereocenters. The molecule has 0 nitrogen and oxygen atoms in total. The smallest absolute Gasteiger partial charge is 0.00259 e. The minimum Gasteiger partial charge on any atom is -0.0622 e. The van der Waals surface area contributed by atoms with Gasteiger partial charge in [-0.15, -0.1) is 0 Å². The molecule has 0 heteroatoms. The second-order valence-corrected chi connectivity index (χ2v) is 10.6.